The Morgan fingerprint density at radius 3 is 2.50 bits per heavy atom. The zero-order chi connectivity index (χ0) is 6.93. The van der Waals surface area contributed by atoms with Gasteiger partial charge in [0.15, 0.2) is 0 Å². The van der Waals surface area contributed by atoms with Gasteiger partial charge in [-0.3, -0.25) is 0 Å². The summed E-state index contributed by atoms with van der Waals surface area (Å²) >= 11 is 0. The molecule has 3 rings (SSSR count). The molecule has 0 radical (unpaired) electrons. The summed E-state index contributed by atoms with van der Waals surface area (Å²) in [5.41, 5.74) is 0.813. The van der Waals surface area contributed by atoms with Gasteiger partial charge in [-0.15, -0.1) is 0 Å². The van der Waals surface area contributed by atoms with Crippen molar-refractivity contribution in [3.63, 3.8) is 0 Å². The molecule has 5 unspecified atom stereocenters. The molecule has 0 heterocycles. The van der Waals surface area contributed by atoms with Gasteiger partial charge < -0.3 is 0 Å². The normalized spacial score (nSPS) is 70.2. The van der Waals surface area contributed by atoms with Crippen LogP contribution in [0.5, 0.6) is 0 Å². The zero-order valence-electron chi connectivity index (χ0n) is 6.93. The molecule has 3 saturated carbocycles. The van der Waals surface area contributed by atoms with Crippen LogP contribution in [0.25, 0.3) is 0 Å². The molecule has 0 N–H and O–H groups in total. The lowest BCUT2D eigenvalue weighted by atomic mass is 9.44. The van der Waals surface area contributed by atoms with E-state index in [0.29, 0.717) is 0 Å². The highest BCUT2D eigenvalue weighted by molar-refractivity contribution is 5.15. The summed E-state index contributed by atoms with van der Waals surface area (Å²) in [5, 5.41) is 0. The summed E-state index contributed by atoms with van der Waals surface area (Å²) < 4.78 is 0. The molecule has 0 heteroatoms. The van der Waals surface area contributed by atoms with Crippen LogP contribution in [-0.4, -0.2) is 0 Å². The van der Waals surface area contributed by atoms with E-state index >= 15 is 0 Å². The minimum atomic E-state index is 0.813. The highest BCUT2D eigenvalue weighted by Gasteiger charge is 2.66. The summed E-state index contributed by atoms with van der Waals surface area (Å²) in [5.74, 6) is 4.57. The molecule has 56 valence electrons. The molecule has 0 amide bonds. The molecule has 0 nitrogen and oxygen atoms in total. The third-order valence-electron chi connectivity index (χ3n) is 4.87. The lowest BCUT2D eigenvalue weighted by molar-refractivity contribution is -0.118. The highest BCUT2D eigenvalue weighted by atomic mass is 14.7. The van der Waals surface area contributed by atoms with Gasteiger partial charge in [0.05, 0.1) is 0 Å². The van der Waals surface area contributed by atoms with Crippen molar-refractivity contribution in [2.24, 2.45) is 29.1 Å². The summed E-state index contributed by atoms with van der Waals surface area (Å²) in [6.45, 7) is 4.99. The van der Waals surface area contributed by atoms with Crippen molar-refractivity contribution in [3.8, 4) is 0 Å². The minimum absolute atomic E-state index is 0.813. The van der Waals surface area contributed by atoms with Crippen LogP contribution in [0.2, 0.25) is 0 Å². The Morgan fingerprint density at radius 2 is 2.00 bits per heavy atom. The first-order valence-electron chi connectivity index (χ1n) is 4.72. The summed E-state index contributed by atoms with van der Waals surface area (Å²) in [6, 6.07) is 0. The molecule has 3 aliphatic carbocycles. The lowest BCUT2D eigenvalue weighted by Gasteiger charge is -2.60. The quantitative estimate of drug-likeness (QED) is 0.480. The molecular formula is C10H16. The molecule has 0 bridgehead atoms. The highest BCUT2D eigenvalue weighted by Crippen LogP contribution is 2.74. The second kappa shape index (κ2) is 1.31. The Labute approximate surface area is 63.0 Å². The zero-order valence-corrected chi connectivity index (χ0v) is 6.93. The van der Waals surface area contributed by atoms with Crippen LogP contribution >= 0.6 is 0 Å². The van der Waals surface area contributed by atoms with E-state index in [1.165, 1.54) is 17.8 Å². The molecular weight excluding hydrogens is 120 g/mol. The van der Waals surface area contributed by atoms with Gasteiger partial charge in [0, 0.05) is 0 Å². The van der Waals surface area contributed by atoms with Crippen molar-refractivity contribution in [2.45, 2.75) is 33.1 Å². The van der Waals surface area contributed by atoms with E-state index < -0.39 is 0 Å². The van der Waals surface area contributed by atoms with Crippen molar-refractivity contribution in [3.05, 3.63) is 0 Å². The lowest BCUT2D eigenvalue weighted by Crippen LogP contribution is -2.53. The maximum atomic E-state index is 2.53. The van der Waals surface area contributed by atoms with Gasteiger partial charge in [-0.25, -0.2) is 0 Å². The minimum Gasteiger partial charge on any atom is -0.0620 e. The molecule has 10 heavy (non-hydrogen) atoms. The van der Waals surface area contributed by atoms with Gasteiger partial charge in [0.1, 0.15) is 0 Å². The first-order valence-corrected chi connectivity index (χ1v) is 4.72. The van der Waals surface area contributed by atoms with Crippen LogP contribution in [0.3, 0.4) is 0 Å². The molecule has 0 aromatic carbocycles. The Hall–Kier alpha value is 0. The molecule has 0 spiro atoms. The smallest absolute Gasteiger partial charge is 0.0264 e. The molecule has 0 saturated heterocycles. The molecule has 5 atom stereocenters. The van der Waals surface area contributed by atoms with Gasteiger partial charge in [0.2, 0.25) is 0 Å². The Kier molecular flexibility index (Phi) is 0.735. The number of rotatable bonds is 0. The predicted molar refractivity (Wildman–Crippen MR) is 41.6 cm³/mol. The van der Waals surface area contributed by atoms with E-state index in [1.54, 1.807) is 19.3 Å². The topological polar surface area (TPSA) is 0 Å². The van der Waals surface area contributed by atoms with Crippen molar-refractivity contribution in [1.82, 2.24) is 0 Å². The average molecular weight is 136 g/mol. The molecule has 0 aliphatic heterocycles. The standard InChI is InChI=1S/C10H16/c1-6-3-7-4-8-5-10(6,2)9(7)8/h6-9H,3-5H2,1-2H3. The third-order valence-corrected chi connectivity index (χ3v) is 4.87. The SMILES string of the molecule is CC1CC2CC3CC1(C)C23. The molecule has 3 aliphatic rings. The van der Waals surface area contributed by atoms with E-state index in [1.807, 2.05) is 0 Å². The van der Waals surface area contributed by atoms with Crippen molar-refractivity contribution in [2.75, 3.05) is 0 Å². The van der Waals surface area contributed by atoms with Gasteiger partial charge in [-0.2, -0.15) is 0 Å². The van der Waals surface area contributed by atoms with Crippen molar-refractivity contribution >= 4 is 0 Å². The van der Waals surface area contributed by atoms with Crippen LogP contribution < -0.4 is 0 Å². The fourth-order valence-electron chi connectivity index (χ4n) is 4.19. The monoisotopic (exact) mass is 136 g/mol. The van der Waals surface area contributed by atoms with Crippen LogP contribution in [0, 0.1) is 29.1 Å². The van der Waals surface area contributed by atoms with Crippen LogP contribution in [0.4, 0.5) is 0 Å². The largest absolute Gasteiger partial charge is 0.0620 e. The van der Waals surface area contributed by atoms with Crippen molar-refractivity contribution in [1.29, 1.82) is 0 Å². The number of hydrogen-bond donors (Lipinski definition) is 0. The first-order chi connectivity index (χ1) is 4.72. The van der Waals surface area contributed by atoms with E-state index in [9.17, 15) is 0 Å². The Balaban J connectivity index is 1.99. The second-order valence-electron chi connectivity index (χ2n) is 5.13. The van der Waals surface area contributed by atoms with E-state index in [0.717, 1.165) is 11.3 Å². The third kappa shape index (κ3) is 0.360. The average Bonchev–Trinajstić information content (AvgIpc) is 2.00. The fraction of sp³-hybridized carbons (Fsp3) is 1.00. The summed E-state index contributed by atoms with van der Waals surface area (Å²) in [7, 11) is 0. The van der Waals surface area contributed by atoms with E-state index in [2.05, 4.69) is 13.8 Å². The summed E-state index contributed by atoms with van der Waals surface area (Å²) in [6.07, 6.45) is 4.71. The maximum absolute atomic E-state index is 2.53. The van der Waals surface area contributed by atoms with Gasteiger partial charge in [-0.05, 0) is 48.3 Å². The second-order valence-corrected chi connectivity index (χ2v) is 5.13. The van der Waals surface area contributed by atoms with Gasteiger partial charge in [0.25, 0.3) is 0 Å². The van der Waals surface area contributed by atoms with E-state index in [4.69, 9.17) is 0 Å². The van der Waals surface area contributed by atoms with Crippen LogP contribution in [0.15, 0.2) is 0 Å². The molecule has 3 fully saturated rings. The van der Waals surface area contributed by atoms with Crippen molar-refractivity contribution < 1.29 is 0 Å². The predicted octanol–water partition coefficient (Wildman–Crippen LogP) is 2.69. The van der Waals surface area contributed by atoms with Gasteiger partial charge >= 0.3 is 0 Å². The first kappa shape index (κ1) is 5.62. The van der Waals surface area contributed by atoms with Crippen LogP contribution in [0.1, 0.15) is 33.1 Å². The molecule has 0 aromatic heterocycles. The maximum Gasteiger partial charge on any atom is -0.0264 e. The fourth-order valence-corrected chi connectivity index (χ4v) is 4.19. The Bertz CT molecular complexity index is 184. The Morgan fingerprint density at radius 1 is 1.20 bits per heavy atom. The van der Waals surface area contributed by atoms with Gasteiger partial charge in [-0.1, -0.05) is 13.8 Å². The molecule has 0 aromatic rings. The van der Waals surface area contributed by atoms with E-state index in [-0.39, 0.29) is 0 Å². The van der Waals surface area contributed by atoms with Crippen LogP contribution in [-0.2, 0) is 0 Å². The summed E-state index contributed by atoms with van der Waals surface area (Å²) in [4.78, 5) is 0. The number of hydrogen-bond acceptors (Lipinski definition) is 0.